The number of hydrogen-bond acceptors (Lipinski definition) is 2. The highest BCUT2D eigenvalue weighted by atomic mass is 16.4. The summed E-state index contributed by atoms with van der Waals surface area (Å²) in [5.74, 6) is -0.853. The molecule has 0 radical (unpaired) electrons. The second-order valence-electron chi connectivity index (χ2n) is 5.74. The zero-order valence-corrected chi connectivity index (χ0v) is 12.5. The molecule has 1 heterocycles. The molecule has 5 heteroatoms. The average Bonchev–Trinajstić information content (AvgIpc) is 2.84. The lowest BCUT2D eigenvalue weighted by molar-refractivity contribution is -0.137. The minimum absolute atomic E-state index is 0.0779. The summed E-state index contributed by atoms with van der Waals surface area (Å²) in [4.78, 5) is 22.6. The first kappa shape index (κ1) is 16.3. The van der Waals surface area contributed by atoms with E-state index in [2.05, 4.69) is 5.32 Å². The van der Waals surface area contributed by atoms with E-state index in [-0.39, 0.29) is 17.7 Å². The van der Waals surface area contributed by atoms with Crippen LogP contribution in [0.15, 0.2) is 18.3 Å². The van der Waals surface area contributed by atoms with Crippen LogP contribution in [0, 0.1) is 5.41 Å². The SMILES string of the molecule is CCn1cccc1C(=O)NCCC(C)(C)CCC(=O)O. The van der Waals surface area contributed by atoms with E-state index in [0.717, 1.165) is 13.0 Å². The molecule has 20 heavy (non-hydrogen) atoms. The van der Waals surface area contributed by atoms with Gasteiger partial charge in [-0.1, -0.05) is 13.8 Å². The molecular formula is C15H24N2O3. The fourth-order valence-corrected chi connectivity index (χ4v) is 2.07. The van der Waals surface area contributed by atoms with Crippen LogP contribution in [0.1, 0.15) is 50.5 Å². The van der Waals surface area contributed by atoms with Gasteiger partial charge in [0.25, 0.3) is 5.91 Å². The smallest absolute Gasteiger partial charge is 0.303 e. The van der Waals surface area contributed by atoms with Gasteiger partial charge in [0.2, 0.25) is 0 Å². The van der Waals surface area contributed by atoms with Crippen molar-refractivity contribution in [3.8, 4) is 0 Å². The van der Waals surface area contributed by atoms with Crippen LogP contribution in [0.2, 0.25) is 0 Å². The largest absolute Gasteiger partial charge is 0.481 e. The maximum absolute atomic E-state index is 12.0. The van der Waals surface area contributed by atoms with Gasteiger partial charge in [0.15, 0.2) is 0 Å². The van der Waals surface area contributed by atoms with E-state index in [9.17, 15) is 9.59 Å². The highest BCUT2D eigenvalue weighted by Crippen LogP contribution is 2.26. The Hall–Kier alpha value is -1.78. The lowest BCUT2D eigenvalue weighted by Gasteiger charge is -2.23. The Balaban J connectivity index is 2.40. The average molecular weight is 280 g/mol. The number of aromatic nitrogens is 1. The molecule has 0 aliphatic heterocycles. The molecule has 0 saturated heterocycles. The number of amides is 1. The molecule has 0 bridgehead atoms. The van der Waals surface area contributed by atoms with Crippen molar-refractivity contribution in [2.24, 2.45) is 5.41 Å². The van der Waals surface area contributed by atoms with Crippen LogP contribution in [-0.4, -0.2) is 28.1 Å². The minimum atomic E-state index is -0.775. The zero-order chi connectivity index (χ0) is 15.2. The molecule has 1 amide bonds. The number of carboxylic acid groups (broad SMARTS) is 1. The third-order valence-electron chi connectivity index (χ3n) is 3.51. The summed E-state index contributed by atoms with van der Waals surface area (Å²) in [5.41, 5.74) is 0.578. The van der Waals surface area contributed by atoms with E-state index in [4.69, 9.17) is 5.11 Å². The fourth-order valence-electron chi connectivity index (χ4n) is 2.07. The molecule has 1 aromatic rings. The molecule has 0 aromatic carbocycles. The van der Waals surface area contributed by atoms with Gasteiger partial charge in [-0.15, -0.1) is 0 Å². The molecule has 0 aliphatic carbocycles. The Morgan fingerprint density at radius 2 is 2.05 bits per heavy atom. The number of aliphatic carboxylic acids is 1. The van der Waals surface area contributed by atoms with Crippen LogP contribution in [0.25, 0.3) is 0 Å². The molecule has 5 nitrogen and oxygen atoms in total. The molecule has 1 aromatic heterocycles. The number of nitrogens with one attached hydrogen (secondary N) is 1. The molecule has 0 aliphatic rings. The van der Waals surface area contributed by atoms with Crippen molar-refractivity contribution >= 4 is 11.9 Å². The van der Waals surface area contributed by atoms with Gasteiger partial charge in [0, 0.05) is 25.7 Å². The van der Waals surface area contributed by atoms with Gasteiger partial charge < -0.3 is 15.0 Å². The number of carbonyl (C=O) groups excluding carboxylic acids is 1. The van der Waals surface area contributed by atoms with Gasteiger partial charge in [0.05, 0.1) is 0 Å². The molecule has 0 unspecified atom stereocenters. The highest BCUT2D eigenvalue weighted by molar-refractivity contribution is 5.92. The third kappa shape index (κ3) is 5.07. The Morgan fingerprint density at radius 3 is 2.65 bits per heavy atom. The van der Waals surface area contributed by atoms with Crippen molar-refractivity contribution in [3.63, 3.8) is 0 Å². The number of carboxylic acids is 1. The first-order valence-electron chi connectivity index (χ1n) is 7.01. The Morgan fingerprint density at radius 1 is 1.35 bits per heavy atom. The Labute approximate surface area is 120 Å². The Bertz CT molecular complexity index is 463. The molecule has 0 saturated carbocycles. The van der Waals surface area contributed by atoms with Crippen LogP contribution < -0.4 is 5.32 Å². The molecule has 112 valence electrons. The van der Waals surface area contributed by atoms with Gasteiger partial charge >= 0.3 is 5.97 Å². The standard InChI is InChI=1S/C15H24N2O3/c1-4-17-11-5-6-12(17)14(20)16-10-9-15(2,3)8-7-13(18)19/h5-6,11H,4,7-10H2,1-3H3,(H,16,20)(H,18,19). The van der Waals surface area contributed by atoms with Gasteiger partial charge in [-0.05, 0) is 37.3 Å². The number of rotatable bonds is 8. The van der Waals surface area contributed by atoms with Crippen LogP contribution in [0.5, 0.6) is 0 Å². The van der Waals surface area contributed by atoms with Crippen molar-refractivity contribution in [2.75, 3.05) is 6.54 Å². The summed E-state index contributed by atoms with van der Waals surface area (Å²) in [6, 6.07) is 3.66. The topological polar surface area (TPSA) is 71.3 Å². The lowest BCUT2D eigenvalue weighted by atomic mass is 9.84. The zero-order valence-electron chi connectivity index (χ0n) is 12.5. The molecule has 0 atom stereocenters. The molecule has 0 spiro atoms. The van der Waals surface area contributed by atoms with E-state index in [0.29, 0.717) is 18.7 Å². The molecular weight excluding hydrogens is 256 g/mol. The molecule has 0 fully saturated rings. The van der Waals surface area contributed by atoms with Crippen molar-refractivity contribution in [1.29, 1.82) is 0 Å². The predicted molar refractivity (Wildman–Crippen MR) is 77.7 cm³/mol. The number of nitrogens with zero attached hydrogens (tertiary/aromatic N) is 1. The van der Waals surface area contributed by atoms with Gasteiger partial charge in [-0.25, -0.2) is 0 Å². The fraction of sp³-hybridized carbons (Fsp3) is 0.600. The summed E-state index contributed by atoms with van der Waals surface area (Å²) in [6.45, 7) is 7.36. The maximum atomic E-state index is 12.0. The van der Waals surface area contributed by atoms with Crippen LogP contribution >= 0.6 is 0 Å². The van der Waals surface area contributed by atoms with E-state index in [1.807, 2.05) is 37.6 Å². The first-order valence-corrected chi connectivity index (χ1v) is 7.01. The summed E-state index contributed by atoms with van der Waals surface area (Å²) in [5, 5.41) is 11.6. The maximum Gasteiger partial charge on any atom is 0.303 e. The van der Waals surface area contributed by atoms with E-state index >= 15 is 0 Å². The van der Waals surface area contributed by atoms with Crippen molar-refractivity contribution in [2.45, 2.75) is 46.6 Å². The van der Waals surface area contributed by atoms with E-state index in [1.54, 1.807) is 6.07 Å². The van der Waals surface area contributed by atoms with Gasteiger partial charge in [-0.3, -0.25) is 9.59 Å². The summed E-state index contributed by atoms with van der Waals surface area (Å²) < 4.78 is 1.89. The van der Waals surface area contributed by atoms with Crippen LogP contribution in [0.3, 0.4) is 0 Å². The van der Waals surface area contributed by atoms with E-state index < -0.39 is 5.97 Å². The predicted octanol–water partition coefficient (Wildman–Crippen LogP) is 2.52. The molecule has 1 rings (SSSR count). The third-order valence-corrected chi connectivity index (χ3v) is 3.51. The van der Waals surface area contributed by atoms with Crippen molar-refractivity contribution in [3.05, 3.63) is 24.0 Å². The van der Waals surface area contributed by atoms with Gasteiger partial charge in [-0.2, -0.15) is 0 Å². The minimum Gasteiger partial charge on any atom is -0.481 e. The second kappa shape index (κ2) is 7.12. The summed E-state index contributed by atoms with van der Waals surface area (Å²) in [7, 11) is 0. The van der Waals surface area contributed by atoms with Crippen molar-refractivity contribution < 1.29 is 14.7 Å². The van der Waals surface area contributed by atoms with E-state index in [1.165, 1.54) is 0 Å². The van der Waals surface area contributed by atoms with Gasteiger partial charge in [0.1, 0.15) is 5.69 Å². The normalized spacial score (nSPS) is 11.3. The number of hydrogen-bond donors (Lipinski definition) is 2. The monoisotopic (exact) mass is 280 g/mol. The molecule has 2 N–H and O–H groups in total. The van der Waals surface area contributed by atoms with Crippen LogP contribution in [0.4, 0.5) is 0 Å². The number of carbonyl (C=O) groups is 2. The Kier molecular flexibility index (Phi) is 5.80. The highest BCUT2D eigenvalue weighted by Gasteiger charge is 2.19. The quantitative estimate of drug-likeness (QED) is 0.768. The lowest BCUT2D eigenvalue weighted by Crippen LogP contribution is -2.29. The number of aryl methyl sites for hydroxylation is 1. The van der Waals surface area contributed by atoms with Crippen LogP contribution in [-0.2, 0) is 11.3 Å². The second-order valence-corrected chi connectivity index (χ2v) is 5.74. The summed E-state index contributed by atoms with van der Waals surface area (Å²) >= 11 is 0. The first-order chi connectivity index (χ1) is 9.35. The van der Waals surface area contributed by atoms with Crippen molar-refractivity contribution in [1.82, 2.24) is 9.88 Å². The summed E-state index contributed by atoms with van der Waals surface area (Å²) in [6.07, 6.45) is 3.42.